The summed E-state index contributed by atoms with van der Waals surface area (Å²) in [7, 11) is 0. The molecule has 0 spiro atoms. The summed E-state index contributed by atoms with van der Waals surface area (Å²) in [5, 5.41) is 15.8. The number of nitrogens with one attached hydrogen (secondary N) is 1. The number of aliphatic carboxylic acids is 1. The summed E-state index contributed by atoms with van der Waals surface area (Å²) < 4.78 is 1.31. The molecule has 114 valence electrons. The van der Waals surface area contributed by atoms with Crippen LogP contribution in [0.25, 0.3) is 0 Å². The number of nitrogens with two attached hydrogens (primary N) is 1. The van der Waals surface area contributed by atoms with E-state index < -0.39 is 17.3 Å². The molecular weight excluding hydrogens is 276 g/mol. The molecule has 1 aliphatic rings. The molecule has 1 aliphatic carbocycles. The molecule has 0 atom stereocenters. The van der Waals surface area contributed by atoms with Crippen molar-refractivity contribution in [1.29, 1.82) is 0 Å². The minimum atomic E-state index is -0.951. The maximum atomic E-state index is 12.0. The molecule has 0 unspecified atom stereocenters. The number of carbonyl (C=O) groups excluding carboxylic acids is 2. The van der Waals surface area contributed by atoms with Gasteiger partial charge in [0.25, 0.3) is 0 Å². The number of primary amides is 1. The van der Waals surface area contributed by atoms with Crippen molar-refractivity contribution >= 4 is 23.5 Å². The van der Waals surface area contributed by atoms with Crippen LogP contribution >= 0.6 is 0 Å². The average molecular weight is 294 g/mol. The van der Waals surface area contributed by atoms with Gasteiger partial charge >= 0.3 is 5.97 Å². The minimum Gasteiger partial charge on any atom is -0.481 e. The van der Waals surface area contributed by atoms with Crippen LogP contribution in [-0.2, 0) is 20.9 Å². The van der Waals surface area contributed by atoms with E-state index in [9.17, 15) is 19.5 Å². The van der Waals surface area contributed by atoms with Crippen molar-refractivity contribution < 1.29 is 19.5 Å². The lowest BCUT2D eigenvalue weighted by molar-refractivity contribution is -0.150. The molecule has 2 rings (SSSR count). The predicted octanol–water partition coefficient (Wildman–Crippen LogP) is 0.342. The normalized spacial score (nSPS) is 16.6. The molecule has 8 nitrogen and oxygen atoms in total. The fourth-order valence-corrected chi connectivity index (χ4v) is 2.70. The first kappa shape index (κ1) is 15.0. The number of hydrogen-bond donors (Lipinski definition) is 3. The van der Waals surface area contributed by atoms with E-state index >= 15 is 0 Å². The number of hydrogen-bond acceptors (Lipinski definition) is 4. The summed E-state index contributed by atoms with van der Waals surface area (Å²) >= 11 is 0. The van der Waals surface area contributed by atoms with Crippen molar-refractivity contribution in [1.82, 2.24) is 9.78 Å². The van der Waals surface area contributed by atoms with Crippen LogP contribution in [0.1, 0.15) is 32.1 Å². The maximum Gasteiger partial charge on any atom is 0.310 e. The first-order valence-electron chi connectivity index (χ1n) is 6.75. The lowest BCUT2D eigenvalue weighted by Gasteiger charge is -2.22. The quantitative estimate of drug-likeness (QED) is 0.697. The highest BCUT2D eigenvalue weighted by molar-refractivity contribution is 5.94. The lowest BCUT2D eigenvalue weighted by Crippen LogP contribution is -2.32. The fourth-order valence-electron chi connectivity index (χ4n) is 2.70. The van der Waals surface area contributed by atoms with E-state index in [1.807, 2.05) is 0 Å². The number of anilines is 1. The average Bonchev–Trinajstić information content (AvgIpc) is 2.99. The van der Waals surface area contributed by atoms with E-state index in [-0.39, 0.29) is 18.9 Å². The topological polar surface area (TPSA) is 127 Å². The molecule has 2 amide bonds. The standard InChI is InChI=1S/C13H18N4O4/c14-10(18)8-17-7-9(6-15-17)16-11(19)5-13(12(20)21)3-1-2-4-13/h6-7H,1-5,8H2,(H2,14,18)(H,16,19)(H,20,21). The molecule has 1 fully saturated rings. The third kappa shape index (κ3) is 3.59. The summed E-state index contributed by atoms with van der Waals surface area (Å²) in [5.74, 6) is -1.82. The van der Waals surface area contributed by atoms with Crippen LogP contribution in [0.4, 0.5) is 5.69 Å². The second kappa shape index (κ2) is 5.94. The van der Waals surface area contributed by atoms with Crippen LogP contribution in [0.3, 0.4) is 0 Å². The molecule has 1 heterocycles. The van der Waals surface area contributed by atoms with Crippen molar-refractivity contribution in [2.24, 2.45) is 11.1 Å². The molecule has 8 heteroatoms. The zero-order valence-electron chi connectivity index (χ0n) is 11.5. The van der Waals surface area contributed by atoms with Crippen molar-refractivity contribution in [3.8, 4) is 0 Å². The van der Waals surface area contributed by atoms with Gasteiger partial charge in [0, 0.05) is 12.6 Å². The Bertz CT molecular complexity index is 560. The third-order valence-electron chi connectivity index (χ3n) is 3.75. The molecule has 4 N–H and O–H groups in total. The van der Waals surface area contributed by atoms with Gasteiger partial charge in [-0.15, -0.1) is 0 Å². The summed E-state index contributed by atoms with van der Waals surface area (Å²) in [6.45, 7) is -0.0745. The number of carbonyl (C=O) groups is 3. The van der Waals surface area contributed by atoms with Crippen LogP contribution in [0.5, 0.6) is 0 Å². The van der Waals surface area contributed by atoms with Crippen LogP contribution in [0.15, 0.2) is 12.4 Å². The zero-order chi connectivity index (χ0) is 15.5. The Morgan fingerprint density at radius 2 is 2.05 bits per heavy atom. The van der Waals surface area contributed by atoms with E-state index in [2.05, 4.69) is 10.4 Å². The summed E-state index contributed by atoms with van der Waals surface area (Å²) in [6, 6.07) is 0. The number of aromatic nitrogens is 2. The Morgan fingerprint density at radius 3 is 2.62 bits per heavy atom. The van der Waals surface area contributed by atoms with Gasteiger partial charge in [-0.25, -0.2) is 0 Å². The summed E-state index contributed by atoms with van der Waals surface area (Å²) in [6.07, 6.45) is 5.52. The highest BCUT2D eigenvalue weighted by Crippen LogP contribution is 2.41. The van der Waals surface area contributed by atoms with Gasteiger partial charge in [-0.1, -0.05) is 12.8 Å². The second-order valence-electron chi connectivity index (χ2n) is 5.41. The Kier molecular flexibility index (Phi) is 4.25. The highest BCUT2D eigenvalue weighted by Gasteiger charge is 2.42. The van der Waals surface area contributed by atoms with Gasteiger partial charge in [-0.05, 0) is 12.8 Å². The molecule has 1 aromatic heterocycles. The number of carboxylic acid groups (broad SMARTS) is 1. The van der Waals surface area contributed by atoms with Crippen LogP contribution in [-0.4, -0.2) is 32.7 Å². The second-order valence-corrected chi connectivity index (χ2v) is 5.41. The van der Waals surface area contributed by atoms with Gasteiger partial charge in [0.15, 0.2) is 0 Å². The number of amides is 2. The largest absolute Gasteiger partial charge is 0.481 e. The van der Waals surface area contributed by atoms with Gasteiger partial charge < -0.3 is 16.2 Å². The third-order valence-corrected chi connectivity index (χ3v) is 3.75. The molecule has 0 aromatic carbocycles. The molecule has 0 radical (unpaired) electrons. The molecule has 21 heavy (non-hydrogen) atoms. The molecule has 0 bridgehead atoms. The zero-order valence-corrected chi connectivity index (χ0v) is 11.5. The van der Waals surface area contributed by atoms with Crippen molar-refractivity contribution in [3.63, 3.8) is 0 Å². The van der Waals surface area contributed by atoms with Crippen LogP contribution < -0.4 is 11.1 Å². The van der Waals surface area contributed by atoms with E-state index in [1.165, 1.54) is 17.1 Å². The monoisotopic (exact) mass is 294 g/mol. The maximum absolute atomic E-state index is 12.0. The first-order chi connectivity index (χ1) is 9.91. The molecule has 0 saturated heterocycles. The Morgan fingerprint density at radius 1 is 1.38 bits per heavy atom. The first-order valence-corrected chi connectivity index (χ1v) is 6.75. The van der Waals surface area contributed by atoms with Crippen molar-refractivity contribution in [2.75, 3.05) is 5.32 Å². The molecular formula is C13H18N4O4. The summed E-state index contributed by atoms with van der Waals surface area (Å²) in [4.78, 5) is 34.2. The van der Waals surface area contributed by atoms with Gasteiger partial charge in [0.1, 0.15) is 6.54 Å². The SMILES string of the molecule is NC(=O)Cn1cc(NC(=O)CC2(C(=O)O)CCCC2)cn1. The van der Waals surface area contributed by atoms with E-state index in [0.29, 0.717) is 18.5 Å². The van der Waals surface area contributed by atoms with Crippen LogP contribution in [0.2, 0.25) is 0 Å². The molecule has 0 aliphatic heterocycles. The molecule has 1 aromatic rings. The fraction of sp³-hybridized carbons (Fsp3) is 0.538. The van der Waals surface area contributed by atoms with E-state index in [4.69, 9.17) is 5.73 Å². The lowest BCUT2D eigenvalue weighted by atomic mass is 9.82. The van der Waals surface area contributed by atoms with Crippen molar-refractivity contribution in [2.45, 2.75) is 38.6 Å². The molecule has 1 saturated carbocycles. The Labute approximate surface area is 121 Å². The smallest absolute Gasteiger partial charge is 0.310 e. The number of rotatable bonds is 6. The van der Waals surface area contributed by atoms with Gasteiger partial charge in [0.05, 0.1) is 17.3 Å². The van der Waals surface area contributed by atoms with Crippen molar-refractivity contribution in [3.05, 3.63) is 12.4 Å². The van der Waals surface area contributed by atoms with Gasteiger partial charge in [0.2, 0.25) is 11.8 Å². The predicted molar refractivity (Wildman–Crippen MR) is 73.2 cm³/mol. The minimum absolute atomic E-state index is 0.0522. The Hall–Kier alpha value is -2.38. The van der Waals surface area contributed by atoms with E-state index in [0.717, 1.165) is 12.8 Å². The van der Waals surface area contributed by atoms with Gasteiger partial charge in [-0.3, -0.25) is 19.1 Å². The number of carboxylic acids is 1. The van der Waals surface area contributed by atoms with Gasteiger partial charge in [-0.2, -0.15) is 5.10 Å². The van der Waals surface area contributed by atoms with Crippen LogP contribution in [0, 0.1) is 5.41 Å². The van der Waals surface area contributed by atoms with E-state index in [1.54, 1.807) is 0 Å². The highest BCUT2D eigenvalue weighted by atomic mass is 16.4. The number of nitrogens with zero attached hydrogens (tertiary/aromatic N) is 2. The summed E-state index contributed by atoms with van der Waals surface area (Å²) in [5.41, 5.74) is 4.51. The Balaban J connectivity index is 1.96.